The Labute approximate surface area is 123 Å². The highest BCUT2D eigenvalue weighted by atomic mass is 16.4. The lowest BCUT2D eigenvalue weighted by atomic mass is 10.2. The molecule has 1 aromatic heterocycles. The summed E-state index contributed by atoms with van der Waals surface area (Å²) < 4.78 is 5.06. The summed E-state index contributed by atoms with van der Waals surface area (Å²) in [5, 5.41) is 15.1. The first kappa shape index (κ1) is 14.9. The van der Waals surface area contributed by atoms with Crippen LogP contribution in [0.15, 0.2) is 47.1 Å². The van der Waals surface area contributed by atoms with Crippen LogP contribution in [0.25, 0.3) is 0 Å². The number of nitrogens with zero attached hydrogens (tertiary/aromatic N) is 1. The van der Waals surface area contributed by atoms with Gasteiger partial charge in [-0.15, -0.1) is 0 Å². The molecule has 0 spiro atoms. The Balaban J connectivity index is 1.81. The molecule has 1 heterocycles. The van der Waals surface area contributed by atoms with Crippen molar-refractivity contribution in [3.05, 3.63) is 48.4 Å². The van der Waals surface area contributed by atoms with E-state index in [2.05, 4.69) is 10.6 Å². The summed E-state index contributed by atoms with van der Waals surface area (Å²) in [5.74, 6) is 0.422. The highest BCUT2D eigenvalue weighted by Crippen LogP contribution is 2.15. The van der Waals surface area contributed by atoms with Crippen LogP contribution in [0.1, 0.15) is 11.9 Å². The van der Waals surface area contributed by atoms with Crippen molar-refractivity contribution < 1.29 is 14.3 Å². The number of urea groups is 1. The van der Waals surface area contributed by atoms with E-state index in [1.807, 2.05) is 43.3 Å². The number of hydrogen-bond donors (Lipinski definition) is 3. The normalized spacial score (nSPS) is 11.8. The number of nitrogens with one attached hydrogen (secondary N) is 2. The Bertz CT molecular complexity index is 564. The molecule has 0 saturated heterocycles. The van der Waals surface area contributed by atoms with Gasteiger partial charge in [0.05, 0.1) is 12.8 Å². The van der Waals surface area contributed by atoms with E-state index >= 15 is 0 Å². The average molecular weight is 289 g/mol. The van der Waals surface area contributed by atoms with E-state index in [9.17, 15) is 9.90 Å². The average Bonchev–Trinajstić information content (AvgIpc) is 2.99. The number of amides is 2. The Kier molecular flexibility index (Phi) is 4.84. The molecule has 0 saturated carbocycles. The highest BCUT2D eigenvalue weighted by Gasteiger charge is 2.11. The summed E-state index contributed by atoms with van der Waals surface area (Å²) in [6.45, 7) is 0.0785. The summed E-state index contributed by atoms with van der Waals surface area (Å²) in [6.07, 6.45) is 0.618. The molecule has 2 amide bonds. The van der Waals surface area contributed by atoms with Gasteiger partial charge in [-0.05, 0) is 36.4 Å². The van der Waals surface area contributed by atoms with Gasteiger partial charge < -0.3 is 25.1 Å². The van der Waals surface area contributed by atoms with Crippen molar-refractivity contribution in [1.82, 2.24) is 5.32 Å². The second-order valence-corrected chi connectivity index (χ2v) is 4.81. The summed E-state index contributed by atoms with van der Waals surface area (Å²) in [6, 6.07) is 10.4. The third kappa shape index (κ3) is 4.25. The molecule has 1 atom stereocenters. The lowest BCUT2D eigenvalue weighted by molar-refractivity contribution is 0.149. The smallest absolute Gasteiger partial charge is 0.319 e. The van der Waals surface area contributed by atoms with Gasteiger partial charge in [0, 0.05) is 25.5 Å². The number of carbonyl (C=O) groups excluding carboxylic acids is 1. The Morgan fingerprint density at radius 1 is 1.29 bits per heavy atom. The van der Waals surface area contributed by atoms with Crippen LogP contribution in [0, 0.1) is 0 Å². The van der Waals surface area contributed by atoms with Crippen LogP contribution >= 0.6 is 0 Å². The monoisotopic (exact) mass is 289 g/mol. The maximum atomic E-state index is 11.7. The topological polar surface area (TPSA) is 77.7 Å². The molecular weight excluding hydrogens is 270 g/mol. The first-order valence-electron chi connectivity index (χ1n) is 6.60. The lowest BCUT2D eigenvalue weighted by Gasteiger charge is -2.14. The van der Waals surface area contributed by atoms with Crippen molar-refractivity contribution in [2.75, 3.05) is 30.9 Å². The summed E-state index contributed by atoms with van der Waals surface area (Å²) in [5.41, 5.74) is 1.74. The molecule has 0 aliphatic rings. The van der Waals surface area contributed by atoms with Gasteiger partial charge >= 0.3 is 6.03 Å². The lowest BCUT2D eigenvalue weighted by Crippen LogP contribution is -2.32. The molecule has 3 N–H and O–H groups in total. The molecule has 0 aliphatic heterocycles. The van der Waals surface area contributed by atoms with Crippen molar-refractivity contribution in [3.63, 3.8) is 0 Å². The van der Waals surface area contributed by atoms with Gasteiger partial charge in [0.1, 0.15) is 11.9 Å². The van der Waals surface area contributed by atoms with Crippen LogP contribution in [0.2, 0.25) is 0 Å². The standard InChI is InChI=1S/C15H19N3O3/c1-18(2)12-7-5-11(6-8-12)17-15(20)16-10-13(19)14-4-3-9-21-14/h3-9,13,19H,10H2,1-2H3,(H2,16,17,20). The molecular formula is C15H19N3O3. The van der Waals surface area contributed by atoms with Gasteiger partial charge in [0.2, 0.25) is 0 Å². The van der Waals surface area contributed by atoms with Crippen LogP contribution in [0.5, 0.6) is 0 Å². The number of hydrogen-bond acceptors (Lipinski definition) is 4. The first-order chi connectivity index (χ1) is 10.1. The van der Waals surface area contributed by atoms with E-state index in [-0.39, 0.29) is 12.6 Å². The number of carbonyl (C=O) groups is 1. The molecule has 0 fully saturated rings. The van der Waals surface area contributed by atoms with Crippen LogP contribution in [-0.2, 0) is 0 Å². The predicted molar refractivity (Wildman–Crippen MR) is 81.5 cm³/mol. The summed E-state index contributed by atoms with van der Waals surface area (Å²) in [7, 11) is 3.90. The minimum atomic E-state index is -0.859. The zero-order valence-corrected chi connectivity index (χ0v) is 12.0. The molecule has 6 nitrogen and oxygen atoms in total. The second-order valence-electron chi connectivity index (χ2n) is 4.81. The van der Waals surface area contributed by atoms with Gasteiger partial charge in [0.25, 0.3) is 0 Å². The van der Waals surface area contributed by atoms with Crippen LogP contribution in [0.4, 0.5) is 16.2 Å². The summed E-state index contributed by atoms with van der Waals surface area (Å²) >= 11 is 0. The molecule has 0 aliphatic carbocycles. The molecule has 0 bridgehead atoms. The Morgan fingerprint density at radius 2 is 2.00 bits per heavy atom. The van der Waals surface area contributed by atoms with E-state index in [0.717, 1.165) is 5.69 Å². The Morgan fingerprint density at radius 3 is 2.57 bits per heavy atom. The zero-order chi connectivity index (χ0) is 15.2. The van der Waals surface area contributed by atoms with E-state index in [4.69, 9.17) is 4.42 Å². The van der Waals surface area contributed by atoms with E-state index < -0.39 is 6.10 Å². The first-order valence-corrected chi connectivity index (χ1v) is 6.60. The van der Waals surface area contributed by atoms with E-state index in [1.54, 1.807) is 12.1 Å². The largest absolute Gasteiger partial charge is 0.467 e. The molecule has 2 aromatic rings. The van der Waals surface area contributed by atoms with Gasteiger partial charge in [-0.25, -0.2) is 4.79 Å². The highest BCUT2D eigenvalue weighted by molar-refractivity contribution is 5.89. The number of aliphatic hydroxyl groups excluding tert-OH is 1. The van der Waals surface area contributed by atoms with Gasteiger partial charge in [-0.2, -0.15) is 0 Å². The third-order valence-corrected chi connectivity index (χ3v) is 2.97. The minimum absolute atomic E-state index is 0.0785. The molecule has 6 heteroatoms. The molecule has 21 heavy (non-hydrogen) atoms. The van der Waals surface area contributed by atoms with Crippen LogP contribution < -0.4 is 15.5 Å². The van der Waals surface area contributed by atoms with Crippen molar-refractivity contribution in [3.8, 4) is 0 Å². The molecule has 2 rings (SSSR count). The number of benzene rings is 1. The van der Waals surface area contributed by atoms with Gasteiger partial charge in [-0.1, -0.05) is 0 Å². The van der Waals surface area contributed by atoms with Crippen molar-refractivity contribution >= 4 is 17.4 Å². The Hall–Kier alpha value is -2.47. The van der Waals surface area contributed by atoms with Crippen LogP contribution in [-0.4, -0.2) is 31.8 Å². The van der Waals surface area contributed by atoms with Crippen LogP contribution in [0.3, 0.4) is 0 Å². The minimum Gasteiger partial charge on any atom is -0.467 e. The quantitative estimate of drug-likeness (QED) is 0.788. The van der Waals surface area contributed by atoms with Crippen molar-refractivity contribution in [1.29, 1.82) is 0 Å². The predicted octanol–water partition coefficient (Wildman–Crippen LogP) is 2.20. The van der Waals surface area contributed by atoms with E-state index in [1.165, 1.54) is 6.26 Å². The number of rotatable bonds is 5. The number of furan rings is 1. The maximum Gasteiger partial charge on any atom is 0.319 e. The molecule has 0 radical (unpaired) electrons. The number of aliphatic hydroxyl groups is 1. The van der Waals surface area contributed by atoms with Gasteiger partial charge in [-0.3, -0.25) is 0 Å². The fourth-order valence-electron chi connectivity index (χ4n) is 1.79. The fourth-order valence-corrected chi connectivity index (χ4v) is 1.79. The molecule has 112 valence electrons. The molecule has 1 aromatic carbocycles. The second kappa shape index (κ2) is 6.81. The molecule has 1 unspecified atom stereocenters. The maximum absolute atomic E-state index is 11.7. The third-order valence-electron chi connectivity index (χ3n) is 2.97. The van der Waals surface area contributed by atoms with Gasteiger partial charge in [0.15, 0.2) is 0 Å². The SMILES string of the molecule is CN(C)c1ccc(NC(=O)NCC(O)c2ccco2)cc1. The fraction of sp³-hybridized carbons (Fsp3) is 0.267. The van der Waals surface area contributed by atoms with E-state index in [0.29, 0.717) is 11.4 Å². The van der Waals surface area contributed by atoms with Crippen molar-refractivity contribution in [2.24, 2.45) is 0 Å². The van der Waals surface area contributed by atoms with Crippen molar-refractivity contribution in [2.45, 2.75) is 6.10 Å². The summed E-state index contributed by atoms with van der Waals surface area (Å²) in [4.78, 5) is 13.7. The zero-order valence-electron chi connectivity index (χ0n) is 12.0. The number of anilines is 2.